The van der Waals surface area contributed by atoms with Gasteiger partial charge in [-0.15, -0.1) is 0 Å². The van der Waals surface area contributed by atoms with Gasteiger partial charge in [-0.3, -0.25) is 14.5 Å². The second-order valence-electron chi connectivity index (χ2n) is 7.90. The molecule has 0 spiro atoms. The topological polar surface area (TPSA) is 54.3 Å². The van der Waals surface area contributed by atoms with Crippen molar-refractivity contribution < 1.29 is 4.79 Å². The first-order valence-electron chi connectivity index (χ1n) is 11.2. The van der Waals surface area contributed by atoms with Gasteiger partial charge in [0.2, 0.25) is 5.91 Å². The molecule has 5 heteroatoms. The number of amides is 1. The lowest BCUT2D eigenvalue weighted by Crippen LogP contribution is -2.39. The second kappa shape index (κ2) is 9.79. The summed E-state index contributed by atoms with van der Waals surface area (Å²) < 4.78 is 1.94. The van der Waals surface area contributed by atoms with Gasteiger partial charge in [0.15, 0.2) is 5.43 Å². The molecule has 5 nitrogen and oxygen atoms in total. The maximum Gasteiger partial charge on any atom is 0.240 e. The quantitative estimate of drug-likeness (QED) is 0.425. The van der Waals surface area contributed by atoms with Crippen LogP contribution < -0.4 is 10.7 Å². The van der Waals surface area contributed by atoms with Crippen LogP contribution >= 0.6 is 0 Å². The van der Waals surface area contributed by atoms with Crippen molar-refractivity contribution in [2.24, 2.45) is 0 Å². The Morgan fingerprint density at radius 2 is 1.38 bits per heavy atom. The Labute approximate surface area is 188 Å². The molecule has 32 heavy (non-hydrogen) atoms. The van der Waals surface area contributed by atoms with E-state index in [9.17, 15) is 9.59 Å². The van der Waals surface area contributed by atoms with Crippen molar-refractivity contribution in [1.82, 2.24) is 14.8 Å². The van der Waals surface area contributed by atoms with Crippen molar-refractivity contribution in [3.8, 4) is 0 Å². The molecule has 0 fully saturated rings. The van der Waals surface area contributed by atoms with Gasteiger partial charge in [-0.1, -0.05) is 68.4 Å². The summed E-state index contributed by atoms with van der Waals surface area (Å²) in [7, 11) is 0. The number of rotatable bonds is 8. The van der Waals surface area contributed by atoms with E-state index in [-0.39, 0.29) is 23.9 Å². The first kappa shape index (κ1) is 21.8. The number of para-hydroxylation sites is 2. The minimum absolute atomic E-state index is 0.00136. The van der Waals surface area contributed by atoms with Crippen molar-refractivity contribution in [2.75, 3.05) is 19.6 Å². The average molecular weight is 428 g/mol. The summed E-state index contributed by atoms with van der Waals surface area (Å²) in [5.74, 6) is -0.0722. The van der Waals surface area contributed by atoms with Crippen LogP contribution in [0.3, 0.4) is 0 Å². The largest absolute Gasteiger partial charge is 0.353 e. The fourth-order valence-corrected chi connectivity index (χ4v) is 4.45. The van der Waals surface area contributed by atoms with Gasteiger partial charge in [0.1, 0.15) is 6.54 Å². The SMILES string of the molecule is CCN(CC)[C@@H](CNC(=O)Cn1c2ccccc2c(=O)c2ccccc21)c1ccccc1. The van der Waals surface area contributed by atoms with Crippen LogP contribution in [0.15, 0.2) is 83.7 Å². The summed E-state index contributed by atoms with van der Waals surface area (Å²) >= 11 is 0. The van der Waals surface area contributed by atoms with Gasteiger partial charge in [-0.05, 0) is 42.9 Å². The summed E-state index contributed by atoms with van der Waals surface area (Å²) in [6, 6.07) is 25.4. The number of nitrogens with one attached hydrogen (secondary N) is 1. The highest BCUT2D eigenvalue weighted by atomic mass is 16.2. The van der Waals surface area contributed by atoms with Gasteiger partial charge in [0.05, 0.1) is 17.1 Å². The maximum absolute atomic E-state index is 13.1. The monoisotopic (exact) mass is 427 g/mol. The first-order valence-corrected chi connectivity index (χ1v) is 11.2. The minimum atomic E-state index is -0.0722. The van der Waals surface area contributed by atoms with Gasteiger partial charge in [-0.25, -0.2) is 0 Å². The van der Waals surface area contributed by atoms with E-state index in [4.69, 9.17) is 0 Å². The number of carbonyl (C=O) groups is 1. The number of aromatic nitrogens is 1. The number of hydrogen-bond donors (Lipinski definition) is 1. The minimum Gasteiger partial charge on any atom is -0.353 e. The molecule has 0 radical (unpaired) electrons. The molecule has 0 aliphatic carbocycles. The van der Waals surface area contributed by atoms with Gasteiger partial charge < -0.3 is 9.88 Å². The van der Waals surface area contributed by atoms with Crippen molar-refractivity contribution in [1.29, 1.82) is 0 Å². The predicted molar refractivity (Wildman–Crippen MR) is 131 cm³/mol. The zero-order chi connectivity index (χ0) is 22.5. The summed E-state index contributed by atoms with van der Waals surface area (Å²) in [5.41, 5.74) is 2.73. The van der Waals surface area contributed by atoms with Crippen LogP contribution in [-0.4, -0.2) is 35.0 Å². The van der Waals surface area contributed by atoms with E-state index in [1.807, 2.05) is 71.3 Å². The summed E-state index contributed by atoms with van der Waals surface area (Å²) in [5, 5.41) is 4.40. The number of likely N-dealkylation sites (N-methyl/N-ethyl adjacent to an activating group) is 1. The van der Waals surface area contributed by atoms with Gasteiger partial charge >= 0.3 is 0 Å². The van der Waals surface area contributed by atoms with E-state index in [1.54, 1.807) is 0 Å². The molecule has 0 aliphatic rings. The second-order valence-corrected chi connectivity index (χ2v) is 7.90. The number of hydrogen-bond acceptors (Lipinski definition) is 3. The molecule has 0 aliphatic heterocycles. The number of carbonyl (C=O) groups excluding carboxylic acids is 1. The molecule has 0 bridgehead atoms. The Morgan fingerprint density at radius 1 is 0.844 bits per heavy atom. The first-order chi connectivity index (χ1) is 15.6. The highest BCUT2D eigenvalue weighted by molar-refractivity contribution is 5.94. The van der Waals surface area contributed by atoms with Crippen LogP contribution in [0.25, 0.3) is 21.8 Å². The van der Waals surface area contributed by atoms with Gasteiger partial charge in [-0.2, -0.15) is 0 Å². The van der Waals surface area contributed by atoms with Crippen LogP contribution in [0.5, 0.6) is 0 Å². The Morgan fingerprint density at radius 3 is 1.94 bits per heavy atom. The van der Waals surface area contributed by atoms with Crippen LogP contribution in [0.2, 0.25) is 0 Å². The van der Waals surface area contributed by atoms with Crippen LogP contribution in [0.4, 0.5) is 0 Å². The average Bonchev–Trinajstić information content (AvgIpc) is 2.85. The standard InChI is InChI=1S/C27H29N3O2/c1-3-29(4-2)25(20-12-6-5-7-13-20)18-28-26(31)19-30-23-16-10-8-14-21(23)27(32)22-15-9-11-17-24(22)30/h5-17,25H,3-4,18-19H2,1-2H3,(H,28,31)/t25-/m0/s1. The molecule has 3 aromatic carbocycles. The number of benzene rings is 3. The molecular formula is C27H29N3O2. The van der Waals surface area contributed by atoms with Crippen LogP contribution in [-0.2, 0) is 11.3 Å². The van der Waals surface area contributed by atoms with Crippen molar-refractivity contribution in [3.63, 3.8) is 0 Å². The van der Waals surface area contributed by atoms with E-state index in [1.165, 1.54) is 5.56 Å². The molecule has 1 amide bonds. The smallest absolute Gasteiger partial charge is 0.240 e. The zero-order valence-corrected chi connectivity index (χ0v) is 18.6. The molecule has 1 aromatic heterocycles. The molecular weight excluding hydrogens is 398 g/mol. The molecule has 1 atom stereocenters. The number of fused-ring (bicyclic) bond motifs is 2. The normalized spacial score (nSPS) is 12.3. The molecule has 4 rings (SSSR count). The van der Waals surface area contributed by atoms with E-state index in [0.717, 1.165) is 24.1 Å². The third kappa shape index (κ3) is 4.30. The van der Waals surface area contributed by atoms with Gasteiger partial charge in [0, 0.05) is 17.3 Å². The molecule has 164 valence electrons. The lowest BCUT2D eigenvalue weighted by Gasteiger charge is -2.30. The summed E-state index contributed by atoms with van der Waals surface area (Å²) in [6.45, 7) is 6.77. The summed E-state index contributed by atoms with van der Waals surface area (Å²) in [6.07, 6.45) is 0. The third-order valence-electron chi connectivity index (χ3n) is 6.11. The molecule has 4 aromatic rings. The highest BCUT2D eigenvalue weighted by Gasteiger charge is 2.19. The predicted octanol–water partition coefficient (Wildman–Crippen LogP) is 4.35. The van der Waals surface area contributed by atoms with Crippen molar-refractivity contribution in [2.45, 2.75) is 26.4 Å². The molecule has 1 N–H and O–H groups in total. The molecule has 0 saturated carbocycles. The maximum atomic E-state index is 13.1. The van der Waals surface area contributed by atoms with Crippen molar-refractivity contribution in [3.05, 3.63) is 94.6 Å². The fraction of sp³-hybridized carbons (Fsp3) is 0.259. The Bertz CT molecular complexity index is 1220. The Balaban J connectivity index is 1.62. The fourth-order valence-electron chi connectivity index (χ4n) is 4.45. The van der Waals surface area contributed by atoms with Crippen LogP contribution in [0, 0.1) is 0 Å². The Hall–Kier alpha value is -3.44. The van der Waals surface area contributed by atoms with Gasteiger partial charge in [0.25, 0.3) is 0 Å². The lowest BCUT2D eigenvalue weighted by molar-refractivity contribution is -0.121. The number of nitrogens with zero attached hydrogens (tertiary/aromatic N) is 2. The van der Waals surface area contributed by atoms with E-state index < -0.39 is 0 Å². The van der Waals surface area contributed by atoms with Crippen LogP contribution in [0.1, 0.15) is 25.5 Å². The lowest BCUT2D eigenvalue weighted by atomic mass is 10.1. The molecule has 0 saturated heterocycles. The molecule has 1 heterocycles. The Kier molecular flexibility index (Phi) is 6.66. The summed E-state index contributed by atoms with van der Waals surface area (Å²) in [4.78, 5) is 28.4. The third-order valence-corrected chi connectivity index (χ3v) is 6.11. The zero-order valence-electron chi connectivity index (χ0n) is 18.6. The highest BCUT2D eigenvalue weighted by Crippen LogP contribution is 2.21. The molecule has 0 unspecified atom stereocenters. The van der Waals surface area contributed by atoms with Crippen molar-refractivity contribution >= 4 is 27.7 Å². The van der Waals surface area contributed by atoms with E-state index >= 15 is 0 Å². The van der Waals surface area contributed by atoms with E-state index in [0.29, 0.717) is 17.3 Å². The number of pyridine rings is 1. The van der Waals surface area contributed by atoms with E-state index in [2.05, 4.69) is 36.2 Å².